The summed E-state index contributed by atoms with van der Waals surface area (Å²) >= 11 is 0. The third-order valence-corrected chi connectivity index (χ3v) is 5.30. The number of methoxy groups -OCH3 is 1. The summed E-state index contributed by atoms with van der Waals surface area (Å²) in [5.74, 6) is 1.97. The summed E-state index contributed by atoms with van der Waals surface area (Å²) in [4.78, 5) is 19.4. The van der Waals surface area contributed by atoms with Crippen molar-refractivity contribution in [2.75, 3.05) is 26.8 Å². The predicted molar refractivity (Wildman–Crippen MR) is 93.0 cm³/mol. The minimum Gasteiger partial charge on any atom is -0.496 e. The van der Waals surface area contributed by atoms with E-state index >= 15 is 0 Å². The van der Waals surface area contributed by atoms with E-state index in [1.54, 1.807) is 14.0 Å². The Labute approximate surface area is 152 Å². The van der Waals surface area contributed by atoms with Crippen LogP contribution in [-0.2, 0) is 14.9 Å². The molecule has 1 saturated carbocycles. The maximum absolute atomic E-state index is 13.3. The van der Waals surface area contributed by atoms with Crippen molar-refractivity contribution in [3.8, 4) is 5.75 Å². The van der Waals surface area contributed by atoms with E-state index in [1.807, 2.05) is 30.0 Å². The first-order valence-corrected chi connectivity index (χ1v) is 8.90. The molecule has 1 atom stereocenters. The lowest BCUT2D eigenvalue weighted by molar-refractivity contribution is -0.142. The SMILES string of the molecule is COc1cc(C2(C(=O)N3CCO[C@H](c4noc(C)n4)C3)CC2)ccc1C. The lowest BCUT2D eigenvalue weighted by Gasteiger charge is -2.34. The first-order chi connectivity index (χ1) is 12.5. The van der Waals surface area contributed by atoms with Gasteiger partial charge in [-0.25, -0.2) is 0 Å². The van der Waals surface area contributed by atoms with Gasteiger partial charge in [0.05, 0.1) is 25.7 Å². The molecule has 0 spiro atoms. The van der Waals surface area contributed by atoms with Crippen LogP contribution >= 0.6 is 0 Å². The number of hydrogen-bond acceptors (Lipinski definition) is 6. The van der Waals surface area contributed by atoms with E-state index < -0.39 is 5.41 Å². The summed E-state index contributed by atoms with van der Waals surface area (Å²) in [6.45, 7) is 5.24. The van der Waals surface area contributed by atoms with Gasteiger partial charge in [-0.15, -0.1) is 0 Å². The summed E-state index contributed by atoms with van der Waals surface area (Å²) in [7, 11) is 1.66. The number of amides is 1. The Morgan fingerprint density at radius 1 is 1.35 bits per heavy atom. The van der Waals surface area contributed by atoms with Gasteiger partial charge in [0.25, 0.3) is 0 Å². The van der Waals surface area contributed by atoms with Crippen LogP contribution in [0, 0.1) is 13.8 Å². The maximum atomic E-state index is 13.3. The van der Waals surface area contributed by atoms with Crippen LogP contribution in [0.1, 0.15) is 41.8 Å². The largest absolute Gasteiger partial charge is 0.496 e. The van der Waals surface area contributed by atoms with Gasteiger partial charge < -0.3 is 18.9 Å². The number of ether oxygens (including phenoxy) is 2. The number of morpholine rings is 1. The summed E-state index contributed by atoms with van der Waals surface area (Å²) in [5.41, 5.74) is 1.66. The summed E-state index contributed by atoms with van der Waals surface area (Å²) in [5, 5.41) is 3.94. The Kier molecular flexibility index (Phi) is 4.19. The maximum Gasteiger partial charge on any atom is 0.233 e. The molecule has 138 valence electrons. The fourth-order valence-corrected chi connectivity index (χ4v) is 3.61. The zero-order valence-corrected chi connectivity index (χ0v) is 15.3. The molecule has 1 aliphatic carbocycles. The number of aryl methyl sites for hydroxylation is 2. The quantitative estimate of drug-likeness (QED) is 0.836. The van der Waals surface area contributed by atoms with Crippen molar-refractivity contribution >= 4 is 5.91 Å². The van der Waals surface area contributed by atoms with Crippen molar-refractivity contribution in [3.05, 3.63) is 41.0 Å². The number of aromatic nitrogens is 2. The lowest BCUT2D eigenvalue weighted by Crippen LogP contribution is -2.47. The van der Waals surface area contributed by atoms with E-state index in [2.05, 4.69) is 10.1 Å². The zero-order chi connectivity index (χ0) is 18.3. The number of benzene rings is 1. The van der Waals surface area contributed by atoms with Gasteiger partial charge in [0, 0.05) is 13.5 Å². The van der Waals surface area contributed by atoms with Gasteiger partial charge in [0.15, 0.2) is 0 Å². The van der Waals surface area contributed by atoms with Gasteiger partial charge in [-0.1, -0.05) is 17.3 Å². The van der Waals surface area contributed by atoms with Gasteiger partial charge in [-0.2, -0.15) is 4.98 Å². The molecular formula is C19H23N3O4. The van der Waals surface area contributed by atoms with Crippen LogP contribution in [0.2, 0.25) is 0 Å². The highest BCUT2D eigenvalue weighted by molar-refractivity contribution is 5.91. The number of rotatable bonds is 4. The molecule has 7 heteroatoms. The van der Waals surface area contributed by atoms with Crippen molar-refractivity contribution in [1.29, 1.82) is 0 Å². The number of carbonyl (C=O) groups excluding carboxylic acids is 1. The summed E-state index contributed by atoms with van der Waals surface area (Å²) < 4.78 is 16.2. The molecule has 1 aliphatic heterocycles. The van der Waals surface area contributed by atoms with E-state index in [4.69, 9.17) is 14.0 Å². The number of hydrogen-bond donors (Lipinski definition) is 0. The summed E-state index contributed by atoms with van der Waals surface area (Å²) in [6, 6.07) is 6.07. The molecule has 2 heterocycles. The lowest BCUT2D eigenvalue weighted by atomic mass is 9.92. The molecular weight excluding hydrogens is 334 g/mol. The Bertz CT molecular complexity index is 828. The minimum atomic E-state index is -0.434. The Balaban J connectivity index is 1.55. The van der Waals surface area contributed by atoms with Crippen LogP contribution in [0.3, 0.4) is 0 Å². The van der Waals surface area contributed by atoms with E-state index in [0.717, 1.165) is 29.7 Å². The van der Waals surface area contributed by atoms with Crippen LogP contribution in [0.15, 0.2) is 22.7 Å². The molecule has 2 aliphatic rings. The van der Waals surface area contributed by atoms with Gasteiger partial charge in [-0.3, -0.25) is 4.79 Å². The number of carbonyl (C=O) groups is 1. The van der Waals surface area contributed by atoms with Gasteiger partial charge >= 0.3 is 0 Å². The van der Waals surface area contributed by atoms with Crippen molar-refractivity contribution in [1.82, 2.24) is 15.0 Å². The smallest absolute Gasteiger partial charge is 0.233 e. The molecule has 7 nitrogen and oxygen atoms in total. The first-order valence-electron chi connectivity index (χ1n) is 8.90. The highest BCUT2D eigenvalue weighted by atomic mass is 16.5. The second-order valence-electron chi connectivity index (χ2n) is 7.05. The molecule has 2 fully saturated rings. The molecule has 0 bridgehead atoms. The zero-order valence-electron chi connectivity index (χ0n) is 15.3. The second-order valence-corrected chi connectivity index (χ2v) is 7.05. The van der Waals surface area contributed by atoms with Crippen LogP contribution in [-0.4, -0.2) is 47.8 Å². The average molecular weight is 357 g/mol. The monoisotopic (exact) mass is 357 g/mol. The average Bonchev–Trinajstić information content (AvgIpc) is 3.36. The van der Waals surface area contributed by atoms with Crippen molar-refractivity contribution in [2.45, 2.75) is 38.2 Å². The molecule has 4 rings (SSSR count). The topological polar surface area (TPSA) is 77.7 Å². The molecule has 2 aromatic rings. The van der Waals surface area contributed by atoms with Crippen LogP contribution in [0.4, 0.5) is 0 Å². The molecule has 1 aromatic carbocycles. The van der Waals surface area contributed by atoms with E-state index in [0.29, 0.717) is 31.4 Å². The normalized spacial score (nSPS) is 21.5. The van der Waals surface area contributed by atoms with Crippen molar-refractivity contribution < 1.29 is 18.8 Å². The second kappa shape index (κ2) is 6.39. The van der Waals surface area contributed by atoms with Crippen LogP contribution in [0.5, 0.6) is 5.75 Å². The minimum absolute atomic E-state index is 0.150. The first kappa shape index (κ1) is 17.0. The van der Waals surface area contributed by atoms with Gasteiger partial charge in [0.1, 0.15) is 11.9 Å². The molecule has 26 heavy (non-hydrogen) atoms. The third kappa shape index (κ3) is 2.86. The van der Waals surface area contributed by atoms with Crippen molar-refractivity contribution in [3.63, 3.8) is 0 Å². The standard InChI is InChI=1S/C19H23N3O4/c1-12-4-5-14(10-15(12)24-3)19(6-7-19)18(23)22-8-9-25-16(11-22)17-20-13(2)26-21-17/h4-5,10,16H,6-9,11H2,1-3H3/t16-/m0/s1. The molecule has 0 unspecified atom stereocenters. The van der Waals surface area contributed by atoms with Crippen molar-refractivity contribution in [2.24, 2.45) is 0 Å². The van der Waals surface area contributed by atoms with E-state index in [1.165, 1.54) is 0 Å². The third-order valence-electron chi connectivity index (χ3n) is 5.30. The molecule has 1 aromatic heterocycles. The van der Waals surface area contributed by atoms with Crippen LogP contribution in [0.25, 0.3) is 0 Å². The van der Waals surface area contributed by atoms with Gasteiger partial charge in [-0.05, 0) is 37.0 Å². The number of nitrogens with zero attached hydrogens (tertiary/aromatic N) is 3. The molecule has 0 radical (unpaired) electrons. The summed E-state index contributed by atoms with van der Waals surface area (Å²) in [6.07, 6.45) is 1.39. The fourth-order valence-electron chi connectivity index (χ4n) is 3.61. The van der Waals surface area contributed by atoms with Gasteiger partial charge in [0.2, 0.25) is 17.6 Å². The van der Waals surface area contributed by atoms with Crippen LogP contribution < -0.4 is 4.74 Å². The predicted octanol–water partition coefficient (Wildman–Crippen LogP) is 2.33. The fraction of sp³-hybridized carbons (Fsp3) is 0.526. The molecule has 1 amide bonds. The van der Waals surface area contributed by atoms with E-state index in [9.17, 15) is 4.79 Å². The molecule has 0 N–H and O–H groups in total. The van der Waals surface area contributed by atoms with E-state index in [-0.39, 0.29) is 12.0 Å². The Hall–Kier alpha value is -2.41. The molecule has 1 saturated heterocycles. The highest BCUT2D eigenvalue weighted by Crippen LogP contribution is 2.50. The Morgan fingerprint density at radius 2 is 2.15 bits per heavy atom. The Morgan fingerprint density at radius 3 is 2.81 bits per heavy atom. The highest BCUT2D eigenvalue weighted by Gasteiger charge is 2.53.